The van der Waals surface area contributed by atoms with E-state index in [0.717, 1.165) is 61.4 Å². The number of benzene rings is 6. The fraction of sp³-hybridized carbons (Fsp3) is 0.200. The molecule has 0 aromatic heterocycles. The van der Waals surface area contributed by atoms with E-state index < -0.39 is 12.2 Å². The molecule has 0 saturated carbocycles. The summed E-state index contributed by atoms with van der Waals surface area (Å²) in [5.74, 6) is 2.23. The van der Waals surface area contributed by atoms with E-state index in [1.807, 2.05) is 87.4 Å². The first-order chi connectivity index (χ1) is 29.0. The molecule has 2 aliphatic rings. The van der Waals surface area contributed by atoms with Gasteiger partial charge in [0.15, 0.2) is 0 Å². The Balaban J connectivity index is 1.28. The first-order valence-corrected chi connectivity index (χ1v) is 19.9. The highest BCUT2D eigenvalue weighted by Crippen LogP contribution is 2.51. The van der Waals surface area contributed by atoms with Crippen LogP contribution in [0.1, 0.15) is 59.4 Å². The highest BCUT2D eigenvalue weighted by molar-refractivity contribution is 5.98. The van der Waals surface area contributed by atoms with Crippen molar-refractivity contribution in [2.45, 2.75) is 26.1 Å². The zero-order valence-electron chi connectivity index (χ0n) is 33.9. The highest BCUT2D eigenvalue weighted by Gasteiger charge is 2.33. The van der Waals surface area contributed by atoms with Crippen molar-refractivity contribution < 1.29 is 39.7 Å². The Labute approximate surface area is 349 Å². The lowest BCUT2D eigenvalue weighted by Gasteiger charge is -2.32. The van der Waals surface area contributed by atoms with Crippen molar-refractivity contribution in [1.29, 1.82) is 0 Å². The maximum atomic E-state index is 11.6. The molecule has 6 N–H and O–H groups in total. The summed E-state index contributed by atoms with van der Waals surface area (Å²) in [4.78, 5) is 1.98. The van der Waals surface area contributed by atoms with Crippen molar-refractivity contribution in [1.82, 2.24) is 5.32 Å². The molecule has 0 amide bonds. The van der Waals surface area contributed by atoms with Crippen LogP contribution in [-0.4, -0.2) is 65.9 Å². The van der Waals surface area contributed by atoms with Gasteiger partial charge in [-0.15, -0.1) is 0 Å². The van der Waals surface area contributed by atoms with E-state index >= 15 is 0 Å². The van der Waals surface area contributed by atoms with Crippen molar-refractivity contribution in [2.24, 2.45) is 0 Å². The fourth-order valence-electron chi connectivity index (χ4n) is 8.19. The van der Waals surface area contributed by atoms with Gasteiger partial charge in [0, 0.05) is 53.7 Å². The smallest absolute Gasteiger partial charge is 0.150 e. The Morgan fingerprint density at radius 3 is 1.82 bits per heavy atom. The number of phenolic OH excluding ortho intramolecular Hbond substituents is 4. The minimum atomic E-state index is -0.615. The average molecular weight is 805 g/mol. The van der Waals surface area contributed by atoms with Gasteiger partial charge in [-0.25, -0.2) is 0 Å². The van der Waals surface area contributed by atoms with E-state index in [9.17, 15) is 25.5 Å². The van der Waals surface area contributed by atoms with Crippen LogP contribution in [0.4, 0.5) is 5.69 Å². The third kappa shape index (κ3) is 7.82. The number of ether oxygens (including phenoxy) is 3. The van der Waals surface area contributed by atoms with Crippen molar-refractivity contribution in [3.63, 3.8) is 0 Å². The van der Waals surface area contributed by atoms with Gasteiger partial charge in [-0.1, -0.05) is 30.3 Å². The molecular weight excluding hydrogens is 757 g/mol. The van der Waals surface area contributed by atoms with E-state index in [0.29, 0.717) is 48.1 Å². The Kier molecular flexibility index (Phi) is 11.2. The fourth-order valence-corrected chi connectivity index (χ4v) is 8.19. The molecule has 8 rings (SSSR count). The van der Waals surface area contributed by atoms with Gasteiger partial charge >= 0.3 is 0 Å². The number of likely N-dealkylation sites (N-methyl/N-ethyl adjacent to an activating group) is 2. The summed E-state index contributed by atoms with van der Waals surface area (Å²) < 4.78 is 19.9. The SMILES string of the molecule is CNCCOc1ccc(C2Oc3ccc(O)cc3C(C)=C2c2cccc(O)c2)cc1-c1cc(O)cc(C2=C(C)c3cc(O)ccc3OC2c2ccc(N(C)CCO)cc2)c1. The minimum Gasteiger partial charge on any atom is -0.508 e. The van der Waals surface area contributed by atoms with Gasteiger partial charge in [0.25, 0.3) is 0 Å². The molecule has 6 aromatic rings. The molecule has 0 fully saturated rings. The maximum absolute atomic E-state index is 11.6. The van der Waals surface area contributed by atoms with Crippen LogP contribution in [0.2, 0.25) is 0 Å². The van der Waals surface area contributed by atoms with Crippen molar-refractivity contribution in [3.05, 3.63) is 155 Å². The number of fused-ring (bicyclic) bond motifs is 2. The number of phenols is 4. The first-order valence-electron chi connectivity index (χ1n) is 19.9. The molecule has 2 atom stereocenters. The molecule has 2 unspecified atom stereocenters. The van der Waals surface area contributed by atoms with Gasteiger partial charge in [-0.3, -0.25) is 0 Å². The molecular formula is C50H48N2O8. The Bertz CT molecular complexity index is 2630. The quantitative estimate of drug-likeness (QED) is 0.0663. The number of allylic oxidation sites excluding steroid dienone is 2. The summed E-state index contributed by atoms with van der Waals surface area (Å²) in [5, 5.41) is 55.8. The zero-order valence-corrected chi connectivity index (χ0v) is 33.9. The molecule has 0 bridgehead atoms. The van der Waals surface area contributed by atoms with Gasteiger partial charge < -0.3 is 50.0 Å². The highest BCUT2D eigenvalue weighted by atomic mass is 16.5. The molecule has 2 heterocycles. The second-order valence-corrected chi connectivity index (χ2v) is 15.2. The number of rotatable bonds is 12. The molecule has 60 heavy (non-hydrogen) atoms. The predicted molar refractivity (Wildman–Crippen MR) is 236 cm³/mol. The molecule has 2 aliphatic heterocycles. The summed E-state index contributed by atoms with van der Waals surface area (Å²) in [6.45, 7) is 5.51. The molecule has 0 aliphatic carbocycles. The van der Waals surface area contributed by atoms with E-state index in [1.54, 1.807) is 66.7 Å². The van der Waals surface area contributed by atoms with Crippen LogP contribution < -0.4 is 24.4 Å². The van der Waals surface area contributed by atoms with Crippen LogP contribution in [0.25, 0.3) is 33.4 Å². The largest absolute Gasteiger partial charge is 0.508 e. The van der Waals surface area contributed by atoms with Crippen LogP contribution in [0.15, 0.2) is 121 Å². The van der Waals surface area contributed by atoms with E-state index in [-0.39, 0.29) is 29.6 Å². The molecule has 0 spiro atoms. The molecule has 10 heteroatoms. The lowest BCUT2D eigenvalue weighted by atomic mass is 9.84. The second kappa shape index (κ2) is 16.8. The van der Waals surface area contributed by atoms with Crippen LogP contribution in [0.5, 0.6) is 40.2 Å². The topological polar surface area (TPSA) is 144 Å². The molecule has 0 saturated heterocycles. The first kappa shape index (κ1) is 39.9. The number of aromatic hydroxyl groups is 4. The van der Waals surface area contributed by atoms with Crippen LogP contribution in [0, 0.1) is 0 Å². The number of nitrogens with zero attached hydrogens (tertiary/aromatic N) is 1. The van der Waals surface area contributed by atoms with E-state index in [1.165, 1.54) is 0 Å². The van der Waals surface area contributed by atoms with Crippen LogP contribution in [0.3, 0.4) is 0 Å². The number of hydrogen-bond acceptors (Lipinski definition) is 10. The Morgan fingerprint density at radius 2 is 1.18 bits per heavy atom. The zero-order chi connectivity index (χ0) is 42.1. The summed E-state index contributed by atoms with van der Waals surface area (Å²) in [7, 11) is 3.79. The number of aliphatic hydroxyl groups is 1. The van der Waals surface area contributed by atoms with Gasteiger partial charge in [-0.05, 0) is 151 Å². The molecule has 6 aromatic carbocycles. The van der Waals surface area contributed by atoms with Crippen molar-refractivity contribution in [2.75, 3.05) is 45.3 Å². The molecule has 306 valence electrons. The number of aliphatic hydroxyl groups excluding tert-OH is 1. The summed E-state index contributed by atoms with van der Waals surface area (Å²) >= 11 is 0. The third-order valence-corrected chi connectivity index (χ3v) is 11.2. The number of hydrogen-bond donors (Lipinski definition) is 6. The Morgan fingerprint density at radius 1 is 0.600 bits per heavy atom. The van der Waals surface area contributed by atoms with Crippen molar-refractivity contribution in [3.8, 4) is 51.4 Å². The lowest BCUT2D eigenvalue weighted by Crippen LogP contribution is -2.21. The summed E-state index contributed by atoms with van der Waals surface area (Å²) in [6.07, 6.45) is -1.19. The van der Waals surface area contributed by atoms with Gasteiger partial charge in [-0.2, -0.15) is 0 Å². The van der Waals surface area contributed by atoms with Crippen LogP contribution >= 0.6 is 0 Å². The van der Waals surface area contributed by atoms with Gasteiger partial charge in [0.2, 0.25) is 0 Å². The maximum Gasteiger partial charge on any atom is 0.150 e. The van der Waals surface area contributed by atoms with E-state index in [4.69, 9.17) is 14.2 Å². The van der Waals surface area contributed by atoms with Crippen LogP contribution in [-0.2, 0) is 0 Å². The number of nitrogens with one attached hydrogen (secondary N) is 1. The minimum absolute atomic E-state index is 0.0345. The Hall–Kier alpha value is -6.88. The average Bonchev–Trinajstić information content (AvgIpc) is 3.24. The van der Waals surface area contributed by atoms with Gasteiger partial charge in [0.05, 0.1) is 6.61 Å². The third-order valence-electron chi connectivity index (χ3n) is 11.2. The standard InChI is InChI=1S/C50H48N2O8/c1-29-41-27-38(55)14-17-46(41)60-50(47(29)32-6-5-7-37(54)23-32)33-10-15-44(58-21-18-51-3)43(26-33)34-22-35(25-40(57)24-34)48-30(2)42-28-39(56)13-16-45(42)59-49(48)31-8-11-36(12-9-31)52(4)19-20-53/h5-17,22-28,49-51,53-57H,18-21H2,1-4H3. The number of anilines is 1. The summed E-state index contributed by atoms with van der Waals surface area (Å²) in [6, 6.07) is 36.5. The van der Waals surface area contributed by atoms with Gasteiger partial charge in [0.1, 0.15) is 59.1 Å². The summed E-state index contributed by atoms with van der Waals surface area (Å²) in [5.41, 5.74) is 10.4. The van der Waals surface area contributed by atoms with Crippen molar-refractivity contribution >= 4 is 28.0 Å². The second-order valence-electron chi connectivity index (χ2n) is 15.2. The lowest BCUT2D eigenvalue weighted by molar-refractivity contribution is 0.259. The molecule has 10 nitrogen and oxygen atoms in total. The molecule has 0 radical (unpaired) electrons. The van der Waals surface area contributed by atoms with E-state index in [2.05, 4.69) is 5.32 Å². The predicted octanol–water partition coefficient (Wildman–Crippen LogP) is 9.33. The normalized spacial score (nSPS) is 15.8. The monoisotopic (exact) mass is 804 g/mol.